The first-order valence-electron chi connectivity index (χ1n) is 6.49. The third kappa shape index (κ3) is 6.88. The molecule has 15 heavy (non-hydrogen) atoms. The Morgan fingerprint density at radius 3 is 2.67 bits per heavy atom. The first-order valence-corrected chi connectivity index (χ1v) is 6.49. The van der Waals surface area contributed by atoms with Gasteiger partial charge in [-0.1, -0.05) is 39.0 Å². The molecular weight excluding hydrogens is 188 g/mol. The van der Waals surface area contributed by atoms with Gasteiger partial charge in [-0.05, 0) is 12.8 Å². The van der Waals surface area contributed by atoms with Crippen molar-refractivity contribution in [1.82, 2.24) is 10.4 Å². The van der Waals surface area contributed by atoms with E-state index in [1.165, 1.54) is 38.5 Å². The zero-order chi connectivity index (χ0) is 10.8. The number of hydrazine groups is 1. The molecule has 0 bridgehead atoms. The van der Waals surface area contributed by atoms with Crippen LogP contribution in [0.15, 0.2) is 0 Å². The molecule has 0 aliphatic carbocycles. The number of hydrogen-bond acceptors (Lipinski definition) is 3. The Kier molecular flexibility index (Phi) is 7.88. The minimum atomic E-state index is 0.760. The molecule has 0 aromatic rings. The van der Waals surface area contributed by atoms with Crippen molar-refractivity contribution in [2.45, 2.75) is 51.9 Å². The summed E-state index contributed by atoms with van der Waals surface area (Å²) >= 11 is 0. The van der Waals surface area contributed by atoms with Crippen LogP contribution in [-0.2, 0) is 4.74 Å². The third-order valence-electron chi connectivity index (χ3n) is 2.83. The lowest BCUT2D eigenvalue weighted by Gasteiger charge is -2.27. The van der Waals surface area contributed by atoms with Gasteiger partial charge in [0, 0.05) is 19.7 Å². The number of rotatable bonds is 8. The topological polar surface area (TPSA) is 24.5 Å². The molecule has 1 fully saturated rings. The predicted molar refractivity (Wildman–Crippen MR) is 63.5 cm³/mol. The van der Waals surface area contributed by atoms with Gasteiger partial charge in [-0.2, -0.15) is 0 Å². The molecule has 3 nitrogen and oxygen atoms in total. The number of unbranched alkanes of at least 4 members (excludes halogenated alkanes) is 5. The fourth-order valence-electron chi connectivity index (χ4n) is 1.86. The molecular formula is C12H26N2O. The Morgan fingerprint density at radius 1 is 1.13 bits per heavy atom. The number of nitrogens with zero attached hydrogens (tertiary/aromatic N) is 1. The first-order chi connectivity index (χ1) is 7.43. The van der Waals surface area contributed by atoms with Gasteiger partial charge < -0.3 is 4.74 Å². The van der Waals surface area contributed by atoms with Crippen molar-refractivity contribution in [2.24, 2.45) is 0 Å². The van der Waals surface area contributed by atoms with E-state index in [1.807, 2.05) is 0 Å². The van der Waals surface area contributed by atoms with Crippen LogP contribution in [0.25, 0.3) is 0 Å². The summed E-state index contributed by atoms with van der Waals surface area (Å²) in [4.78, 5) is 0. The molecule has 3 heteroatoms. The largest absolute Gasteiger partial charge is 0.365 e. The highest BCUT2D eigenvalue weighted by molar-refractivity contribution is 4.54. The Hall–Kier alpha value is -0.120. The Bertz CT molecular complexity index is 136. The van der Waals surface area contributed by atoms with Gasteiger partial charge in [0.15, 0.2) is 0 Å². The van der Waals surface area contributed by atoms with Crippen LogP contribution in [0.3, 0.4) is 0 Å². The molecule has 0 radical (unpaired) electrons. The summed E-state index contributed by atoms with van der Waals surface area (Å²) < 4.78 is 5.36. The van der Waals surface area contributed by atoms with Crippen LogP contribution >= 0.6 is 0 Å². The van der Waals surface area contributed by atoms with Crippen molar-refractivity contribution in [2.75, 3.05) is 26.4 Å². The average molecular weight is 214 g/mol. The van der Waals surface area contributed by atoms with Crippen LogP contribution < -0.4 is 5.43 Å². The summed E-state index contributed by atoms with van der Waals surface area (Å²) in [5, 5.41) is 2.19. The van der Waals surface area contributed by atoms with Crippen molar-refractivity contribution in [3.05, 3.63) is 0 Å². The Balaban J connectivity index is 1.79. The van der Waals surface area contributed by atoms with Crippen molar-refractivity contribution >= 4 is 0 Å². The van der Waals surface area contributed by atoms with E-state index in [9.17, 15) is 0 Å². The van der Waals surface area contributed by atoms with Gasteiger partial charge in [-0.3, -0.25) is 5.43 Å². The smallest absolute Gasteiger partial charge is 0.112 e. The molecule has 0 amide bonds. The van der Waals surface area contributed by atoms with E-state index in [2.05, 4.69) is 17.4 Å². The monoisotopic (exact) mass is 214 g/mol. The van der Waals surface area contributed by atoms with Gasteiger partial charge in [0.2, 0.25) is 0 Å². The summed E-state index contributed by atoms with van der Waals surface area (Å²) in [6.07, 6.45) is 9.34. The lowest BCUT2D eigenvalue weighted by Crippen LogP contribution is -2.43. The van der Waals surface area contributed by atoms with Crippen molar-refractivity contribution in [3.8, 4) is 0 Å². The van der Waals surface area contributed by atoms with Crippen LogP contribution in [0.2, 0.25) is 0 Å². The van der Waals surface area contributed by atoms with Crippen LogP contribution in [0.1, 0.15) is 51.9 Å². The van der Waals surface area contributed by atoms with Crippen LogP contribution in [0, 0.1) is 0 Å². The zero-order valence-electron chi connectivity index (χ0n) is 10.1. The lowest BCUT2D eigenvalue weighted by molar-refractivity contribution is -0.0414. The van der Waals surface area contributed by atoms with Gasteiger partial charge in [0.05, 0.1) is 0 Å². The summed E-state index contributed by atoms with van der Waals surface area (Å²) in [7, 11) is 0. The van der Waals surface area contributed by atoms with Gasteiger partial charge in [0.25, 0.3) is 0 Å². The average Bonchev–Trinajstić information content (AvgIpc) is 2.29. The van der Waals surface area contributed by atoms with E-state index in [0.29, 0.717) is 0 Å². The summed E-state index contributed by atoms with van der Waals surface area (Å²) in [6, 6.07) is 0. The second-order valence-electron chi connectivity index (χ2n) is 4.33. The minimum absolute atomic E-state index is 0.760. The van der Waals surface area contributed by atoms with Gasteiger partial charge in [-0.25, -0.2) is 5.01 Å². The second-order valence-corrected chi connectivity index (χ2v) is 4.33. The molecule has 0 aromatic heterocycles. The third-order valence-corrected chi connectivity index (χ3v) is 2.83. The van der Waals surface area contributed by atoms with Gasteiger partial charge in [0.1, 0.15) is 6.73 Å². The van der Waals surface area contributed by atoms with Crippen LogP contribution in [0.5, 0.6) is 0 Å². The quantitative estimate of drug-likeness (QED) is 0.628. The SMILES string of the molecule is CCCCCCCCNN1CCCOC1. The van der Waals surface area contributed by atoms with E-state index >= 15 is 0 Å². The number of hydrogen-bond donors (Lipinski definition) is 1. The molecule has 0 unspecified atom stereocenters. The van der Waals surface area contributed by atoms with E-state index in [-0.39, 0.29) is 0 Å². The minimum Gasteiger partial charge on any atom is -0.365 e. The molecule has 1 heterocycles. The van der Waals surface area contributed by atoms with E-state index in [0.717, 1.165) is 32.8 Å². The molecule has 0 spiro atoms. The highest BCUT2D eigenvalue weighted by Gasteiger charge is 2.08. The molecule has 1 aliphatic rings. The van der Waals surface area contributed by atoms with E-state index < -0.39 is 0 Å². The van der Waals surface area contributed by atoms with Crippen LogP contribution in [-0.4, -0.2) is 31.4 Å². The maximum Gasteiger partial charge on any atom is 0.112 e. The number of nitrogens with one attached hydrogen (secondary N) is 1. The maximum absolute atomic E-state index is 5.36. The van der Waals surface area contributed by atoms with Crippen molar-refractivity contribution < 1.29 is 4.74 Å². The van der Waals surface area contributed by atoms with Gasteiger partial charge >= 0.3 is 0 Å². The first kappa shape index (κ1) is 12.9. The summed E-state index contributed by atoms with van der Waals surface area (Å²) in [5.74, 6) is 0. The molecule has 0 atom stereocenters. The fraction of sp³-hybridized carbons (Fsp3) is 1.00. The summed E-state index contributed by atoms with van der Waals surface area (Å²) in [6.45, 7) is 6.19. The Morgan fingerprint density at radius 2 is 1.93 bits per heavy atom. The fourth-order valence-corrected chi connectivity index (χ4v) is 1.86. The molecule has 1 saturated heterocycles. The van der Waals surface area contributed by atoms with Gasteiger partial charge in [-0.15, -0.1) is 0 Å². The molecule has 90 valence electrons. The molecule has 1 aliphatic heterocycles. The zero-order valence-corrected chi connectivity index (χ0v) is 10.1. The molecule has 0 saturated carbocycles. The van der Waals surface area contributed by atoms with Crippen molar-refractivity contribution in [1.29, 1.82) is 0 Å². The standard InChI is InChI=1S/C12H26N2O/c1-2-3-4-5-6-7-9-13-14-10-8-11-15-12-14/h13H,2-12H2,1H3. The lowest BCUT2D eigenvalue weighted by atomic mass is 10.1. The maximum atomic E-state index is 5.36. The molecule has 1 rings (SSSR count). The highest BCUT2D eigenvalue weighted by Crippen LogP contribution is 2.04. The van der Waals surface area contributed by atoms with E-state index in [4.69, 9.17) is 4.74 Å². The molecule has 1 N–H and O–H groups in total. The highest BCUT2D eigenvalue weighted by atomic mass is 16.5. The summed E-state index contributed by atoms with van der Waals surface area (Å²) in [5.41, 5.74) is 3.42. The number of ether oxygens (including phenoxy) is 1. The normalized spacial score (nSPS) is 18.2. The second kappa shape index (κ2) is 9.13. The van der Waals surface area contributed by atoms with Crippen LogP contribution in [0.4, 0.5) is 0 Å². The Labute approximate surface area is 94.1 Å². The molecule has 0 aromatic carbocycles. The van der Waals surface area contributed by atoms with E-state index in [1.54, 1.807) is 0 Å². The van der Waals surface area contributed by atoms with Crippen molar-refractivity contribution in [3.63, 3.8) is 0 Å². The predicted octanol–water partition coefficient (Wildman–Crippen LogP) is 2.53.